The van der Waals surface area contributed by atoms with Gasteiger partial charge in [-0.3, -0.25) is 0 Å². The van der Waals surface area contributed by atoms with Crippen molar-refractivity contribution >= 4 is 28.1 Å². The average molecular weight is 296 g/mol. The Bertz CT molecular complexity index is 918. The summed E-state index contributed by atoms with van der Waals surface area (Å²) in [6, 6.07) is 11.1. The second-order valence-corrected chi connectivity index (χ2v) is 4.74. The molecule has 0 amide bonds. The lowest BCUT2D eigenvalue weighted by atomic mass is 10.2. The average Bonchev–Trinajstić information content (AvgIpc) is 2.56. The number of anilines is 2. The fourth-order valence-electron chi connectivity index (χ4n) is 2.23. The summed E-state index contributed by atoms with van der Waals surface area (Å²) in [6.45, 7) is 1.83. The molecule has 0 spiro atoms. The lowest BCUT2D eigenvalue weighted by Crippen LogP contribution is -2.12. The molecule has 2 aromatic carbocycles. The van der Waals surface area contributed by atoms with Crippen molar-refractivity contribution in [1.82, 2.24) is 9.97 Å². The predicted octanol–water partition coefficient (Wildman–Crippen LogP) is 3.66. The van der Waals surface area contributed by atoms with Gasteiger partial charge in [0.15, 0.2) is 0 Å². The van der Waals surface area contributed by atoms with E-state index < -0.39 is 0 Å². The van der Waals surface area contributed by atoms with E-state index in [0.717, 1.165) is 10.9 Å². The highest BCUT2D eigenvalue weighted by Gasteiger charge is 2.11. The number of hydrogen-bond acceptors (Lipinski definition) is 5. The Morgan fingerprint density at radius 2 is 1.86 bits per heavy atom. The number of benzene rings is 2. The van der Waals surface area contributed by atoms with Crippen LogP contribution in [0.15, 0.2) is 58.8 Å². The first-order chi connectivity index (χ1) is 11.5. The topological polar surface area (TPSA) is 79.8 Å². The van der Waals surface area contributed by atoms with E-state index in [4.69, 9.17) is 8.58 Å². The van der Waals surface area contributed by atoms with E-state index in [-0.39, 0.29) is 17.8 Å². The summed E-state index contributed by atoms with van der Waals surface area (Å²) in [6.07, 6.45) is 0. The number of fused-ring (bicyclic) bond motifs is 1. The van der Waals surface area contributed by atoms with Crippen LogP contribution < -0.4 is 10.7 Å². The maximum atomic E-state index is 8.03. The van der Waals surface area contributed by atoms with Gasteiger partial charge < -0.3 is 10.7 Å². The first-order valence-electron chi connectivity index (χ1n) is 7.70. The molecule has 0 radical (unpaired) electrons. The van der Waals surface area contributed by atoms with Crippen LogP contribution in [0, 0.1) is 6.92 Å². The van der Waals surface area contributed by atoms with Gasteiger partial charge in [0.1, 0.15) is 11.6 Å². The molecule has 0 aliphatic carbocycles. The third-order valence-electron chi connectivity index (χ3n) is 3.27. The number of nitrogens with two attached hydrogens (primary N) is 1. The fourth-order valence-corrected chi connectivity index (χ4v) is 2.23. The van der Waals surface area contributed by atoms with E-state index in [9.17, 15) is 0 Å². The van der Waals surface area contributed by atoms with Crippen molar-refractivity contribution in [1.29, 1.82) is 0 Å². The van der Waals surface area contributed by atoms with Crippen molar-refractivity contribution in [2.45, 2.75) is 6.92 Å². The molecule has 0 atom stereocenters. The molecule has 0 bridgehead atoms. The minimum Gasteiger partial charge on any atom is -0.329 e. The monoisotopic (exact) mass is 296 g/mol. The Hall–Kier alpha value is -3.02. The molecule has 0 aliphatic heterocycles. The molecule has 22 heavy (non-hydrogen) atoms. The quantitative estimate of drug-likeness (QED) is 0.454. The SMILES string of the molecule is [3H]c1cc(N(C)c2nc(C)nc3ccccc23)cc([3H])c1N=NN. The highest BCUT2D eigenvalue weighted by Crippen LogP contribution is 2.29. The highest BCUT2D eigenvalue weighted by molar-refractivity contribution is 5.91. The minimum absolute atomic E-state index is 0.0774. The van der Waals surface area contributed by atoms with E-state index in [1.165, 1.54) is 0 Å². The number of aryl methyl sites for hydroxylation is 1. The van der Waals surface area contributed by atoms with Crippen LogP contribution in [-0.2, 0) is 0 Å². The lowest BCUT2D eigenvalue weighted by molar-refractivity contribution is 1.04. The van der Waals surface area contributed by atoms with Gasteiger partial charge in [0.2, 0.25) is 0 Å². The normalized spacial score (nSPS) is 12.5. The van der Waals surface area contributed by atoms with Crippen molar-refractivity contribution in [2.24, 2.45) is 16.2 Å². The molecule has 0 unspecified atom stereocenters. The molecular formula is C16H16N6. The molecule has 1 aromatic heterocycles. The molecule has 6 nitrogen and oxygen atoms in total. The van der Waals surface area contributed by atoms with Gasteiger partial charge in [0, 0.05) is 18.1 Å². The molecule has 110 valence electrons. The number of aromatic nitrogens is 2. The lowest BCUT2D eigenvalue weighted by Gasteiger charge is -2.20. The standard InChI is InChI=1S/C16H16N6/c1-11-18-15-6-4-3-5-14(15)16(19-11)22(2)13-9-7-12(8-10-13)20-21-17/h3-10H,1-2H3,(H2,17,20)/i7T,8T. The van der Waals surface area contributed by atoms with Crippen molar-refractivity contribution < 1.29 is 2.74 Å². The molecule has 0 fully saturated rings. The maximum Gasteiger partial charge on any atom is 0.144 e. The fraction of sp³-hybridized carbons (Fsp3) is 0.125. The first-order valence-corrected chi connectivity index (χ1v) is 6.70. The van der Waals surface area contributed by atoms with Crippen LogP contribution in [0.2, 0.25) is 0 Å². The zero-order valence-electron chi connectivity index (χ0n) is 14.3. The van der Waals surface area contributed by atoms with Gasteiger partial charge in [0.25, 0.3) is 0 Å². The Morgan fingerprint density at radius 3 is 2.59 bits per heavy atom. The van der Waals surface area contributed by atoms with Crippen molar-refractivity contribution in [3.63, 3.8) is 0 Å². The second-order valence-electron chi connectivity index (χ2n) is 4.74. The van der Waals surface area contributed by atoms with Gasteiger partial charge in [-0.2, -0.15) is 0 Å². The summed E-state index contributed by atoms with van der Waals surface area (Å²) in [7, 11) is 1.84. The molecule has 0 saturated heterocycles. The van der Waals surface area contributed by atoms with Crippen molar-refractivity contribution in [3.8, 4) is 0 Å². The van der Waals surface area contributed by atoms with E-state index in [2.05, 4.69) is 20.3 Å². The van der Waals surface area contributed by atoms with Gasteiger partial charge in [-0.1, -0.05) is 17.4 Å². The van der Waals surface area contributed by atoms with Gasteiger partial charge in [-0.15, -0.1) is 5.11 Å². The first kappa shape index (κ1) is 11.6. The predicted molar refractivity (Wildman–Crippen MR) is 87.5 cm³/mol. The number of hydrogen-bond donors (Lipinski definition) is 1. The Balaban J connectivity index is 2.15. The second kappa shape index (κ2) is 5.77. The molecule has 3 aromatic rings. The molecule has 2 N–H and O–H groups in total. The summed E-state index contributed by atoms with van der Waals surface area (Å²) in [5.74, 6) is 6.40. The van der Waals surface area contributed by atoms with E-state index in [1.807, 2.05) is 43.1 Å². The summed E-state index contributed by atoms with van der Waals surface area (Å²) >= 11 is 0. The summed E-state index contributed by atoms with van der Waals surface area (Å²) < 4.78 is 16.1. The van der Waals surface area contributed by atoms with Crippen LogP contribution >= 0.6 is 0 Å². The molecule has 0 saturated carbocycles. The molecule has 6 heteroatoms. The molecule has 3 rings (SSSR count). The third-order valence-corrected chi connectivity index (χ3v) is 3.27. The van der Waals surface area contributed by atoms with Crippen molar-refractivity contribution in [3.05, 3.63) is 54.3 Å². The van der Waals surface area contributed by atoms with E-state index in [0.29, 0.717) is 17.3 Å². The van der Waals surface area contributed by atoms with Crippen LogP contribution in [0.25, 0.3) is 10.9 Å². The largest absolute Gasteiger partial charge is 0.329 e. The van der Waals surface area contributed by atoms with Crippen LogP contribution in [0.3, 0.4) is 0 Å². The zero-order chi connectivity index (χ0) is 17.3. The van der Waals surface area contributed by atoms with Gasteiger partial charge in [-0.25, -0.2) is 9.97 Å². The van der Waals surface area contributed by atoms with Crippen LogP contribution in [0.5, 0.6) is 0 Å². The highest BCUT2D eigenvalue weighted by atomic mass is 15.3. The van der Waals surface area contributed by atoms with Crippen molar-refractivity contribution in [2.75, 3.05) is 11.9 Å². The number of rotatable bonds is 3. The third kappa shape index (κ3) is 2.58. The Kier molecular flexibility index (Phi) is 3.05. The summed E-state index contributed by atoms with van der Waals surface area (Å²) in [5, 5.41) is 7.69. The summed E-state index contributed by atoms with van der Waals surface area (Å²) in [5.41, 5.74) is 1.64. The smallest absolute Gasteiger partial charge is 0.144 e. The van der Waals surface area contributed by atoms with E-state index in [1.54, 1.807) is 12.1 Å². The van der Waals surface area contributed by atoms with Crippen LogP contribution in [0.4, 0.5) is 17.2 Å². The van der Waals surface area contributed by atoms with Crippen LogP contribution in [0.1, 0.15) is 8.57 Å². The maximum absolute atomic E-state index is 8.03. The van der Waals surface area contributed by atoms with Crippen LogP contribution in [-0.4, -0.2) is 17.0 Å². The Morgan fingerprint density at radius 1 is 1.14 bits per heavy atom. The summed E-state index contributed by atoms with van der Waals surface area (Å²) in [4.78, 5) is 10.8. The number of para-hydroxylation sites is 1. The minimum atomic E-state index is 0.0774. The molecule has 0 aliphatic rings. The zero-order valence-corrected chi connectivity index (χ0v) is 12.3. The van der Waals surface area contributed by atoms with Gasteiger partial charge in [-0.05, 0) is 43.3 Å². The van der Waals surface area contributed by atoms with Gasteiger partial charge >= 0.3 is 0 Å². The molecule has 1 heterocycles. The Labute approximate surface area is 131 Å². The van der Waals surface area contributed by atoms with Gasteiger partial charge in [0.05, 0.1) is 13.9 Å². The molecular weight excluding hydrogens is 276 g/mol. The van der Waals surface area contributed by atoms with E-state index >= 15 is 0 Å². The number of nitrogens with zero attached hydrogens (tertiary/aromatic N) is 5.